The number of unbranched alkanes of at least 4 members (excludes halogenated alkanes) is 2. The molecule has 4 heteroatoms. The second-order valence-corrected chi connectivity index (χ2v) is 12.8. The summed E-state index contributed by atoms with van der Waals surface area (Å²) in [5.74, 6) is -0.715. The highest BCUT2D eigenvalue weighted by Crippen LogP contribution is 2.51. The molecule has 0 aromatic heterocycles. The largest absolute Gasteiger partial charge is 0.481 e. The predicted octanol–water partition coefficient (Wildman–Crippen LogP) is 8.88. The number of carbonyl (C=O) groups is 1. The Balaban J connectivity index is 1.37. The highest BCUT2D eigenvalue weighted by molar-refractivity contribution is 6.07. The fraction of sp³-hybridized carbons (Fsp3) is 0.316. The average molecular weight is 558 g/mol. The standard InChI is InChI=1S/C38H40N2O2/c1-37(2)32(39(5)30-23-21-26-14-8-10-16-28(26)35(30)37)18-13-19-33-38(3,4)36-29-17-11-9-15-27(29)22-24-31(36)40(33)25-12-6-7-20-34(41)42/h8-11,13-19,21-24H,6-7,12,20,25H2,1-5H3/p+1. The van der Waals surface area contributed by atoms with E-state index in [1.807, 2.05) is 0 Å². The lowest BCUT2D eigenvalue weighted by Crippen LogP contribution is -2.28. The van der Waals surface area contributed by atoms with Crippen molar-refractivity contribution in [3.63, 3.8) is 0 Å². The molecule has 4 aromatic rings. The molecular weight excluding hydrogens is 516 g/mol. The molecular formula is C38H41N2O2+. The second kappa shape index (κ2) is 10.6. The molecule has 1 N–H and O–H groups in total. The molecule has 0 unspecified atom stereocenters. The maximum absolute atomic E-state index is 11.0. The van der Waals surface area contributed by atoms with Crippen molar-refractivity contribution in [2.24, 2.45) is 0 Å². The van der Waals surface area contributed by atoms with Crippen LogP contribution < -0.4 is 4.90 Å². The molecule has 214 valence electrons. The summed E-state index contributed by atoms with van der Waals surface area (Å²) in [6.45, 7) is 10.2. The lowest BCUT2D eigenvalue weighted by Gasteiger charge is -2.27. The van der Waals surface area contributed by atoms with Gasteiger partial charge in [0.05, 0.1) is 5.41 Å². The highest BCUT2D eigenvalue weighted by Gasteiger charge is 2.44. The van der Waals surface area contributed by atoms with Crippen molar-refractivity contribution >= 4 is 44.6 Å². The van der Waals surface area contributed by atoms with Gasteiger partial charge in [0, 0.05) is 47.5 Å². The van der Waals surface area contributed by atoms with E-state index in [0.29, 0.717) is 6.42 Å². The fourth-order valence-electron chi connectivity index (χ4n) is 7.42. The molecule has 0 aliphatic carbocycles. The van der Waals surface area contributed by atoms with Crippen molar-refractivity contribution in [1.29, 1.82) is 0 Å². The number of allylic oxidation sites excluding steroid dienone is 4. The van der Waals surface area contributed by atoms with Gasteiger partial charge in [-0.2, -0.15) is 4.58 Å². The van der Waals surface area contributed by atoms with Gasteiger partial charge in [-0.3, -0.25) is 4.79 Å². The normalized spacial score (nSPS) is 18.0. The molecule has 2 aliphatic heterocycles. The van der Waals surface area contributed by atoms with E-state index in [0.717, 1.165) is 19.4 Å². The van der Waals surface area contributed by atoms with E-state index in [1.165, 1.54) is 55.5 Å². The maximum atomic E-state index is 11.0. The van der Waals surface area contributed by atoms with E-state index >= 15 is 0 Å². The number of carboxylic acid groups (broad SMARTS) is 1. The second-order valence-electron chi connectivity index (χ2n) is 12.8. The van der Waals surface area contributed by atoms with Gasteiger partial charge in [0.25, 0.3) is 0 Å². The zero-order valence-corrected chi connectivity index (χ0v) is 25.4. The Labute approximate surface area is 249 Å². The van der Waals surface area contributed by atoms with E-state index in [2.05, 4.69) is 135 Å². The third kappa shape index (κ3) is 4.54. The minimum absolute atomic E-state index is 0.131. The number of carboxylic acids is 1. The SMILES string of the molecule is C[N+]1=C(/C=C/C=C2/N(CCCCCC(=O)O)c3ccc4ccccc4c3C2(C)C)C(C)(C)c2c1ccc1ccccc21. The van der Waals surface area contributed by atoms with Crippen LogP contribution >= 0.6 is 0 Å². The molecule has 0 saturated heterocycles. The van der Waals surface area contributed by atoms with E-state index < -0.39 is 5.97 Å². The van der Waals surface area contributed by atoms with Crippen molar-refractivity contribution in [3.8, 4) is 0 Å². The van der Waals surface area contributed by atoms with Crippen LogP contribution in [0.15, 0.2) is 96.7 Å². The molecule has 6 rings (SSSR count). The number of aliphatic carboxylic acids is 1. The molecule has 4 aromatic carbocycles. The lowest BCUT2D eigenvalue weighted by atomic mass is 9.79. The molecule has 4 nitrogen and oxygen atoms in total. The lowest BCUT2D eigenvalue weighted by molar-refractivity contribution is -0.401. The van der Waals surface area contributed by atoms with Crippen LogP contribution in [0.25, 0.3) is 21.5 Å². The highest BCUT2D eigenvalue weighted by atomic mass is 16.4. The summed E-state index contributed by atoms with van der Waals surface area (Å²) in [5, 5.41) is 14.2. The van der Waals surface area contributed by atoms with Crippen molar-refractivity contribution in [1.82, 2.24) is 0 Å². The van der Waals surface area contributed by atoms with Crippen LogP contribution in [0.4, 0.5) is 11.4 Å². The van der Waals surface area contributed by atoms with Crippen LogP contribution in [0.3, 0.4) is 0 Å². The molecule has 0 radical (unpaired) electrons. The summed E-state index contributed by atoms with van der Waals surface area (Å²) in [6, 6.07) is 26.3. The summed E-state index contributed by atoms with van der Waals surface area (Å²) in [6.07, 6.45) is 9.64. The Morgan fingerprint density at radius 2 is 1.45 bits per heavy atom. The molecule has 2 heterocycles. The van der Waals surface area contributed by atoms with Crippen LogP contribution in [-0.4, -0.2) is 35.0 Å². The van der Waals surface area contributed by atoms with E-state index in [-0.39, 0.29) is 17.3 Å². The molecule has 0 fully saturated rings. The molecule has 0 atom stereocenters. The molecule has 0 spiro atoms. The van der Waals surface area contributed by atoms with Crippen LogP contribution in [0, 0.1) is 0 Å². The molecule has 0 amide bonds. The van der Waals surface area contributed by atoms with Crippen LogP contribution in [-0.2, 0) is 15.6 Å². The smallest absolute Gasteiger partial charge is 0.303 e. The third-order valence-corrected chi connectivity index (χ3v) is 9.43. The Hall–Kier alpha value is -4.18. The Bertz CT molecular complexity index is 1800. The van der Waals surface area contributed by atoms with Crippen molar-refractivity contribution in [2.75, 3.05) is 18.5 Å². The van der Waals surface area contributed by atoms with Crippen LogP contribution in [0.5, 0.6) is 0 Å². The number of hydrogen-bond donors (Lipinski definition) is 1. The van der Waals surface area contributed by atoms with Gasteiger partial charge in [-0.15, -0.1) is 0 Å². The van der Waals surface area contributed by atoms with E-state index in [9.17, 15) is 4.79 Å². The molecule has 0 bridgehead atoms. The van der Waals surface area contributed by atoms with Crippen molar-refractivity contribution in [3.05, 3.63) is 108 Å². The number of rotatable bonds is 8. The van der Waals surface area contributed by atoms with Gasteiger partial charge >= 0.3 is 5.97 Å². The Morgan fingerprint density at radius 3 is 2.14 bits per heavy atom. The fourth-order valence-corrected chi connectivity index (χ4v) is 7.42. The average Bonchev–Trinajstić information content (AvgIpc) is 3.31. The van der Waals surface area contributed by atoms with Crippen LogP contribution in [0.2, 0.25) is 0 Å². The van der Waals surface area contributed by atoms with E-state index in [1.54, 1.807) is 0 Å². The molecule has 42 heavy (non-hydrogen) atoms. The first kappa shape index (κ1) is 28.0. The molecule has 2 aliphatic rings. The van der Waals surface area contributed by atoms with Crippen molar-refractivity contribution < 1.29 is 14.5 Å². The topological polar surface area (TPSA) is 43.5 Å². The van der Waals surface area contributed by atoms with Gasteiger partial charge < -0.3 is 10.0 Å². The first-order chi connectivity index (χ1) is 20.1. The summed E-state index contributed by atoms with van der Waals surface area (Å²) >= 11 is 0. The number of nitrogens with zero attached hydrogens (tertiary/aromatic N) is 2. The number of anilines is 1. The van der Waals surface area contributed by atoms with Gasteiger partial charge in [-0.25, -0.2) is 0 Å². The summed E-state index contributed by atoms with van der Waals surface area (Å²) in [7, 11) is 2.18. The van der Waals surface area contributed by atoms with Gasteiger partial charge in [-0.1, -0.05) is 80.9 Å². The first-order valence-electron chi connectivity index (χ1n) is 15.2. The van der Waals surface area contributed by atoms with Crippen LogP contribution in [0.1, 0.15) is 64.5 Å². The minimum Gasteiger partial charge on any atom is -0.481 e. The Kier molecular flexibility index (Phi) is 7.04. The van der Waals surface area contributed by atoms with Crippen molar-refractivity contribution in [2.45, 2.75) is 64.2 Å². The predicted molar refractivity (Wildman–Crippen MR) is 175 cm³/mol. The summed E-state index contributed by atoms with van der Waals surface area (Å²) in [5.41, 5.74) is 7.55. The number of benzene rings is 4. The first-order valence-corrected chi connectivity index (χ1v) is 15.2. The zero-order chi connectivity index (χ0) is 29.6. The van der Waals surface area contributed by atoms with Gasteiger partial charge in [0.2, 0.25) is 5.69 Å². The van der Waals surface area contributed by atoms with E-state index in [4.69, 9.17) is 5.11 Å². The van der Waals surface area contributed by atoms with Gasteiger partial charge in [0.1, 0.15) is 7.05 Å². The summed E-state index contributed by atoms with van der Waals surface area (Å²) in [4.78, 5) is 13.5. The molecule has 0 saturated carbocycles. The third-order valence-electron chi connectivity index (χ3n) is 9.43. The number of hydrogen-bond acceptors (Lipinski definition) is 2. The monoisotopic (exact) mass is 557 g/mol. The quantitative estimate of drug-likeness (QED) is 0.174. The Morgan fingerprint density at radius 1 is 0.810 bits per heavy atom. The number of fused-ring (bicyclic) bond motifs is 6. The van der Waals surface area contributed by atoms with Gasteiger partial charge in [-0.05, 0) is 72.0 Å². The minimum atomic E-state index is -0.715. The van der Waals surface area contributed by atoms with Gasteiger partial charge in [0.15, 0.2) is 5.71 Å². The zero-order valence-electron chi connectivity index (χ0n) is 25.4. The maximum Gasteiger partial charge on any atom is 0.303 e. The summed E-state index contributed by atoms with van der Waals surface area (Å²) < 4.78 is 2.35.